The maximum absolute atomic E-state index is 5.47. The lowest BCUT2D eigenvalue weighted by atomic mass is 9.99. The standard InChI is InChI=1S/C14H19N5/c1-10-6-8-19(9-7-10)13-11-4-2-3-5-12(11)16-14(17-13)18-15/h2-5,10H,6-9,15H2,1H3,(H,16,17,18). The van der Waals surface area contributed by atoms with E-state index in [0.717, 1.165) is 35.7 Å². The van der Waals surface area contributed by atoms with E-state index in [2.05, 4.69) is 33.3 Å². The van der Waals surface area contributed by atoms with Gasteiger partial charge in [0.05, 0.1) is 5.52 Å². The van der Waals surface area contributed by atoms with E-state index in [-0.39, 0.29) is 0 Å². The summed E-state index contributed by atoms with van der Waals surface area (Å²) in [6.07, 6.45) is 2.42. The number of nitrogens with two attached hydrogens (primary N) is 1. The first kappa shape index (κ1) is 12.2. The second-order valence-corrected chi connectivity index (χ2v) is 5.20. The molecule has 1 aliphatic heterocycles. The number of piperidine rings is 1. The fourth-order valence-electron chi connectivity index (χ4n) is 2.59. The number of nitrogens with zero attached hydrogens (tertiary/aromatic N) is 3. The lowest BCUT2D eigenvalue weighted by Gasteiger charge is -2.32. The zero-order chi connectivity index (χ0) is 13.2. The van der Waals surface area contributed by atoms with Crippen molar-refractivity contribution in [3.8, 4) is 0 Å². The van der Waals surface area contributed by atoms with Gasteiger partial charge in [0.1, 0.15) is 5.82 Å². The van der Waals surface area contributed by atoms with Crippen molar-refractivity contribution in [1.29, 1.82) is 0 Å². The van der Waals surface area contributed by atoms with E-state index in [9.17, 15) is 0 Å². The van der Waals surface area contributed by atoms with Crippen LogP contribution in [0.2, 0.25) is 0 Å². The third kappa shape index (κ3) is 2.33. The summed E-state index contributed by atoms with van der Waals surface area (Å²) in [5.74, 6) is 7.74. The minimum atomic E-state index is 0.479. The SMILES string of the molecule is CC1CCN(c2nc(NN)nc3ccccc23)CC1. The Morgan fingerprint density at radius 2 is 1.95 bits per heavy atom. The molecule has 19 heavy (non-hydrogen) atoms. The van der Waals surface area contributed by atoms with E-state index in [1.54, 1.807) is 0 Å². The highest BCUT2D eigenvalue weighted by molar-refractivity contribution is 5.90. The fourth-order valence-corrected chi connectivity index (χ4v) is 2.59. The zero-order valence-electron chi connectivity index (χ0n) is 11.1. The Bertz CT molecular complexity index is 575. The van der Waals surface area contributed by atoms with Crippen molar-refractivity contribution in [2.75, 3.05) is 23.4 Å². The monoisotopic (exact) mass is 257 g/mol. The number of nitrogen functional groups attached to an aromatic ring is 1. The van der Waals surface area contributed by atoms with E-state index < -0.39 is 0 Å². The van der Waals surface area contributed by atoms with Crippen LogP contribution in [0, 0.1) is 5.92 Å². The van der Waals surface area contributed by atoms with Crippen LogP contribution in [0.1, 0.15) is 19.8 Å². The van der Waals surface area contributed by atoms with Crippen LogP contribution in [0.15, 0.2) is 24.3 Å². The van der Waals surface area contributed by atoms with E-state index in [1.165, 1.54) is 12.8 Å². The summed E-state index contributed by atoms with van der Waals surface area (Å²) in [6, 6.07) is 8.08. The number of hydrogen-bond donors (Lipinski definition) is 2. The average Bonchev–Trinajstić information content (AvgIpc) is 2.47. The number of aromatic nitrogens is 2. The molecule has 0 aliphatic carbocycles. The molecule has 1 aromatic carbocycles. The van der Waals surface area contributed by atoms with Crippen molar-refractivity contribution in [2.24, 2.45) is 11.8 Å². The number of rotatable bonds is 2. The molecule has 3 N–H and O–H groups in total. The van der Waals surface area contributed by atoms with Gasteiger partial charge in [-0.2, -0.15) is 4.98 Å². The Morgan fingerprint density at radius 1 is 1.21 bits per heavy atom. The minimum absolute atomic E-state index is 0.479. The number of anilines is 2. The summed E-state index contributed by atoms with van der Waals surface area (Å²) in [5.41, 5.74) is 3.49. The molecule has 2 aromatic rings. The van der Waals surface area contributed by atoms with Crippen LogP contribution in [0.25, 0.3) is 10.9 Å². The minimum Gasteiger partial charge on any atom is -0.356 e. The molecule has 0 unspecified atom stereocenters. The van der Waals surface area contributed by atoms with E-state index in [4.69, 9.17) is 5.84 Å². The maximum atomic E-state index is 5.47. The van der Waals surface area contributed by atoms with Gasteiger partial charge in [0.25, 0.3) is 0 Å². The summed E-state index contributed by atoms with van der Waals surface area (Å²) >= 11 is 0. The van der Waals surface area contributed by atoms with Crippen molar-refractivity contribution < 1.29 is 0 Å². The summed E-state index contributed by atoms with van der Waals surface area (Å²) in [6.45, 7) is 4.40. The number of para-hydroxylation sites is 1. The number of benzene rings is 1. The van der Waals surface area contributed by atoms with Gasteiger partial charge in [-0.1, -0.05) is 19.1 Å². The molecular formula is C14H19N5. The lowest BCUT2D eigenvalue weighted by Crippen LogP contribution is -2.33. The molecule has 1 aliphatic rings. The summed E-state index contributed by atoms with van der Waals surface area (Å²) in [4.78, 5) is 11.3. The fraction of sp³-hybridized carbons (Fsp3) is 0.429. The summed E-state index contributed by atoms with van der Waals surface area (Å²) in [7, 11) is 0. The van der Waals surface area contributed by atoms with E-state index in [0.29, 0.717) is 5.95 Å². The molecule has 0 spiro atoms. The molecule has 1 saturated heterocycles. The highest BCUT2D eigenvalue weighted by atomic mass is 15.3. The van der Waals surface area contributed by atoms with Crippen LogP contribution < -0.4 is 16.2 Å². The Kier molecular flexibility index (Phi) is 3.21. The van der Waals surface area contributed by atoms with Crippen LogP contribution in [-0.4, -0.2) is 23.1 Å². The Morgan fingerprint density at radius 3 is 2.68 bits per heavy atom. The first-order valence-corrected chi connectivity index (χ1v) is 6.76. The Balaban J connectivity index is 2.05. The van der Waals surface area contributed by atoms with Crippen LogP contribution >= 0.6 is 0 Å². The van der Waals surface area contributed by atoms with Gasteiger partial charge in [-0.05, 0) is 30.9 Å². The van der Waals surface area contributed by atoms with Crippen LogP contribution in [0.4, 0.5) is 11.8 Å². The van der Waals surface area contributed by atoms with Crippen LogP contribution in [0.3, 0.4) is 0 Å². The lowest BCUT2D eigenvalue weighted by molar-refractivity contribution is 0.437. The quantitative estimate of drug-likeness (QED) is 0.637. The van der Waals surface area contributed by atoms with Gasteiger partial charge in [0.15, 0.2) is 0 Å². The van der Waals surface area contributed by atoms with Gasteiger partial charge >= 0.3 is 0 Å². The van der Waals surface area contributed by atoms with Crippen molar-refractivity contribution in [1.82, 2.24) is 9.97 Å². The molecule has 0 saturated carbocycles. The highest BCUT2D eigenvalue weighted by Crippen LogP contribution is 2.28. The zero-order valence-corrected chi connectivity index (χ0v) is 11.1. The van der Waals surface area contributed by atoms with Gasteiger partial charge in [-0.25, -0.2) is 10.8 Å². The predicted molar refractivity (Wildman–Crippen MR) is 78.0 cm³/mol. The summed E-state index contributed by atoms with van der Waals surface area (Å²) in [5, 5.41) is 1.09. The first-order chi connectivity index (χ1) is 9.28. The average molecular weight is 257 g/mol. The van der Waals surface area contributed by atoms with E-state index >= 15 is 0 Å². The predicted octanol–water partition coefficient (Wildman–Crippen LogP) is 2.15. The first-order valence-electron chi connectivity index (χ1n) is 6.76. The van der Waals surface area contributed by atoms with Gasteiger partial charge in [-0.3, -0.25) is 5.43 Å². The number of fused-ring (bicyclic) bond motifs is 1. The molecule has 1 fully saturated rings. The molecule has 0 bridgehead atoms. The smallest absolute Gasteiger partial charge is 0.239 e. The molecule has 1 aromatic heterocycles. The molecule has 5 nitrogen and oxygen atoms in total. The summed E-state index contributed by atoms with van der Waals surface area (Å²) < 4.78 is 0. The van der Waals surface area contributed by atoms with Crippen molar-refractivity contribution in [2.45, 2.75) is 19.8 Å². The van der Waals surface area contributed by atoms with Gasteiger partial charge in [0, 0.05) is 18.5 Å². The molecule has 0 amide bonds. The second-order valence-electron chi connectivity index (χ2n) is 5.20. The van der Waals surface area contributed by atoms with E-state index in [1.807, 2.05) is 18.2 Å². The van der Waals surface area contributed by atoms with Crippen LogP contribution in [-0.2, 0) is 0 Å². The van der Waals surface area contributed by atoms with Crippen molar-refractivity contribution in [3.63, 3.8) is 0 Å². The molecule has 5 heteroatoms. The number of nitrogens with one attached hydrogen (secondary N) is 1. The maximum Gasteiger partial charge on any atom is 0.239 e. The Hall–Kier alpha value is -1.88. The van der Waals surface area contributed by atoms with Crippen molar-refractivity contribution in [3.05, 3.63) is 24.3 Å². The molecule has 3 rings (SSSR count). The molecular weight excluding hydrogens is 238 g/mol. The Labute approximate surface area is 112 Å². The molecule has 2 heterocycles. The number of hydrazine groups is 1. The highest BCUT2D eigenvalue weighted by Gasteiger charge is 2.19. The van der Waals surface area contributed by atoms with Gasteiger partial charge < -0.3 is 4.90 Å². The van der Waals surface area contributed by atoms with Crippen LogP contribution in [0.5, 0.6) is 0 Å². The number of hydrogen-bond acceptors (Lipinski definition) is 5. The van der Waals surface area contributed by atoms with Gasteiger partial charge in [-0.15, -0.1) is 0 Å². The molecule has 0 radical (unpaired) electrons. The van der Waals surface area contributed by atoms with Crippen molar-refractivity contribution >= 4 is 22.7 Å². The second kappa shape index (κ2) is 5.01. The molecule has 0 atom stereocenters. The largest absolute Gasteiger partial charge is 0.356 e. The third-order valence-corrected chi connectivity index (χ3v) is 3.80. The topological polar surface area (TPSA) is 67.1 Å². The normalized spacial score (nSPS) is 16.8. The van der Waals surface area contributed by atoms with Gasteiger partial charge in [0.2, 0.25) is 5.95 Å². The molecule has 100 valence electrons. The third-order valence-electron chi connectivity index (χ3n) is 3.80.